The lowest BCUT2D eigenvalue weighted by Crippen LogP contribution is -2.51. The Balaban J connectivity index is 2.04. The highest BCUT2D eigenvalue weighted by molar-refractivity contribution is 7.92. The first-order valence-corrected chi connectivity index (χ1v) is 13.1. The van der Waals surface area contributed by atoms with E-state index in [1.165, 1.54) is 31.2 Å². The first-order valence-electron chi connectivity index (χ1n) is 9.76. The van der Waals surface area contributed by atoms with Gasteiger partial charge < -0.3 is 20.1 Å². The maximum atomic E-state index is 12.5. The van der Waals surface area contributed by atoms with Crippen molar-refractivity contribution in [3.8, 4) is 0 Å². The number of para-hydroxylation sites is 1. The van der Waals surface area contributed by atoms with Crippen LogP contribution in [0.4, 0.5) is 5.69 Å². The predicted octanol–water partition coefficient (Wildman–Crippen LogP) is -1.37. The molecule has 0 heterocycles. The predicted molar refractivity (Wildman–Crippen MR) is 124 cm³/mol. The fourth-order valence-corrected chi connectivity index (χ4v) is 5.86. The molecule has 1 unspecified atom stereocenters. The second kappa shape index (κ2) is 11.3. The molecular weight excluding hydrogens is 458 g/mol. The molecule has 0 fully saturated rings. The minimum atomic E-state index is -3.95. The molecule has 0 spiro atoms. The van der Waals surface area contributed by atoms with Gasteiger partial charge in [-0.2, -0.15) is 0 Å². The zero-order valence-electron chi connectivity index (χ0n) is 17.4. The summed E-state index contributed by atoms with van der Waals surface area (Å²) < 4.78 is 54.3. The lowest BCUT2D eigenvalue weighted by atomic mass is 9.72. The highest BCUT2D eigenvalue weighted by Gasteiger charge is 2.33. The van der Waals surface area contributed by atoms with E-state index in [0.717, 1.165) is 0 Å². The first kappa shape index (κ1) is 26.3. The van der Waals surface area contributed by atoms with Crippen LogP contribution in [0.5, 0.6) is 0 Å². The highest BCUT2D eigenvalue weighted by atomic mass is 32.2. The minimum Gasteiger partial charge on any atom is -0.426 e. The lowest BCUT2D eigenvalue weighted by Gasteiger charge is -2.24. The second-order valence-electron chi connectivity index (χ2n) is 7.45. The first-order chi connectivity index (χ1) is 14.9. The van der Waals surface area contributed by atoms with Crippen molar-refractivity contribution >= 4 is 45.4 Å². The van der Waals surface area contributed by atoms with E-state index in [1.807, 2.05) is 0 Å². The Morgan fingerprint density at radius 3 is 2.06 bits per heavy atom. The zero-order chi connectivity index (χ0) is 23.9. The normalized spacial score (nSPS) is 13.9. The van der Waals surface area contributed by atoms with Gasteiger partial charge in [0.25, 0.3) is 0 Å². The maximum absolute atomic E-state index is 12.5. The Morgan fingerprint density at radius 2 is 1.47 bits per heavy atom. The van der Waals surface area contributed by atoms with Crippen LogP contribution in [0.3, 0.4) is 0 Å². The van der Waals surface area contributed by atoms with Crippen LogP contribution in [0.25, 0.3) is 0 Å². The van der Waals surface area contributed by atoms with Crippen LogP contribution < -0.4 is 14.9 Å². The van der Waals surface area contributed by atoms with Gasteiger partial charge in [0.1, 0.15) is 0 Å². The molecule has 0 bridgehead atoms. The molecule has 0 amide bonds. The Morgan fingerprint density at radius 1 is 0.875 bits per heavy atom. The van der Waals surface area contributed by atoms with Gasteiger partial charge in [-0.1, -0.05) is 55.5 Å². The smallest absolute Gasteiger partial charge is 0.426 e. The van der Waals surface area contributed by atoms with E-state index in [4.69, 9.17) is 0 Å². The lowest BCUT2D eigenvalue weighted by molar-refractivity contribution is 0.344. The number of nitrogens with one attached hydrogen (secondary N) is 2. The topological polar surface area (TPSA) is 173 Å². The second-order valence-corrected chi connectivity index (χ2v) is 11.0. The molecular formula is C18H26B2N2O8S2. The van der Waals surface area contributed by atoms with E-state index >= 15 is 0 Å². The van der Waals surface area contributed by atoms with Crippen LogP contribution in [0, 0.1) is 5.92 Å². The Bertz CT molecular complexity index is 1080. The number of anilines is 1. The van der Waals surface area contributed by atoms with Crippen LogP contribution in [0.15, 0.2) is 54.6 Å². The van der Waals surface area contributed by atoms with E-state index in [0.29, 0.717) is 5.56 Å². The molecule has 0 aromatic heterocycles. The number of sulfonamides is 2. The fourth-order valence-electron chi connectivity index (χ4n) is 3.07. The van der Waals surface area contributed by atoms with Crippen molar-refractivity contribution < 1.29 is 36.9 Å². The van der Waals surface area contributed by atoms with Crippen molar-refractivity contribution in [1.82, 2.24) is 4.72 Å². The molecule has 6 N–H and O–H groups in total. The minimum absolute atomic E-state index is 0.00235. The summed E-state index contributed by atoms with van der Waals surface area (Å²) >= 11 is 0. The highest BCUT2D eigenvalue weighted by Crippen LogP contribution is 2.15. The fraction of sp³-hybridized carbons (Fsp3) is 0.333. The Labute approximate surface area is 188 Å². The molecule has 174 valence electrons. The summed E-state index contributed by atoms with van der Waals surface area (Å²) in [6, 6.07) is 14.1. The quantitative estimate of drug-likeness (QED) is 0.200. The van der Waals surface area contributed by atoms with E-state index in [2.05, 4.69) is 9.44 Å². The number of rotatable bonds is 12. The molecule has 14 heteroatoms. The van der Waals surface area contributed by atoms with Gasteiger partial charge in [0.2, 0.25) is 20.0 Å². The molecule has 2 aromatic rings. The summed E-state index contributed by atoms with van der Waals surface area (Å²) in [5.74, 6) is -2.92. The van der Waals surface area contributed by atoms with Crippen molar-refractivity contribution in [2.45, 2.75) is 25.0 Å². The standard InChI is InChI=1S/C18H26B2N2O8S2/c1-14(11-12-31(27,28)21-17-10-6-5-9-16(17)19(23)24)18(20(25)26)22-32(29,30)13-15-7-3-2-4-8-15/h2-10,14,18,21-26H,11-13H2,1H3/t14?,18-/m0/s1. The summed E-state index contributed by atoms with van der Waals surface area (Å²) in [7, 11) is -11.8. The molecule has 0 aliphatic carbocycles. The maximum Gasteiger partial charge on any atom is 0.490 e. The van der Waals surface area contributed by atoms with E-state index < -0.39 is 51.9 Å². The molecule has 2 rings (SSSR count). The van der Waals surface area contributed by atoms with Crippen molar-refractivity contribution in [2.75, 3.05) is 10.5 Å². The number of benzene rings is 2. The van der Waals surface area contributed by atoms with Crippen LogP contribution in [-0.4, -0.2) is 62.9 Å². The molecule has 10 nitrogen and oxygen atoms in total. The third-order valence-corrected chi connectivity index (χ3v) is 7.44. The Kier molecular flexibility index (Phi) is 9.28. The van der Waals surface area contributed by atoms with Gasteiger partial charge in [-0.15, -0.1) is 0 Å². The summed E-state index contributed by atoms with van der Waals surface area (Å²) in [6.07, 6.45) is -0.102. The van der Waals surface area contributed by atoms with Gasteiger partial charge in [0, 0.05) is 11.2 Å². The summed E-state index contributed by atoms with van der Waals surface area (Å²) in [6.45, 7) is 1.50. The monoisotopic (exact) mass is 484 g/mol. The molecule has 0 saturated heterocycles. The third kappa shape index (κ3) is 8.20. The molecule has 0 saturated carbocycles. The molecule has 2 aromatic carbocycles. The largest absolute Gasteiger partial charge is 0.490 e. The van der Waals surface area contributed by atoms with Gasteiger partial charge >= 0.3 is 14.2 Å². The van der Waals surface area contributed by atoms with Crippen molar-refractivity contribution in [3.63, 3.8) is 0 Å². The average molecular weight is 484 g/mol. The molecule has 0 radical (unpaired) electrons. The van der Waals surface area contributed by atoms with Crippen LogP contribution in [-0.2, 0) is 25.8 Å². The zero-order valence-corrected chi connectivity index (χ0v) is 19.0. The molecule has 0 aliphatic heterocycles. The van der Waals surface area contributed by atoms with Gasteiger partial charge in [-0.05, 0) is 24.0 Å². The van der Waals surface area contributed by atoms with Crippen LogP contribution in [0.1, 0.15) is 18.9 Å². The van der Waals surface area contributed by atoms with Gasteiger partial charge in [-0.3, -0.25) is 4.72 Å². The molecule has 0 aliphatic rings. The molecule has 2 atom stereocenters. The van der Waals surface area contributed by atoms with Gasteiger partial charge in [-0.25, -0.2) is 21.6 Å². The summed E-state index contributed by atoms with van der Waals surface area (Å²) in [5, 5.41) is 38.1. The van der Waals surface area contributed by atoms with Gasteiger partial charge in [0.05, 0.1) is 17.4 Å². The summed E-state index contributed by atoms with van der Waals surface area (Å²) in [5.41, 5.74) is 0.481. The number of hydrogen-bond acceptors (Lipinski definition) is 8. The van der Waals surface area contributed by atoms with Gasteiger partial charge in [0.15, 0.2) is 0 Å². The van der Waals surface area contributed by atoms with Crippen LogP contribution >= 0.6 is 0 Å². The van der Waals surface area contributed by atoms with Crippen molar-refractivity contribution in [1.29, 1.82) is 0 Å². The third-order valence-electron chi connectivity index (χ3n) is 4.80. The average Bonchev–Trinajstić information content (AvgIpc) is 2.70. The van der Waals surface area contributed by atoms with E-state index in [-0.39, 0.29) is 23.3 Å². The Hall–Kier alpha value is -1.93. The van der Waals surface area contributed by atoms with E-state index in [9.17, 15) is 36.9 Å². The van der Waals surface area contributed by atoms with Crippen molar-refractivity contribution in [2.24, 2.45) is 5.92 Å². The number of hydrogen-bond donors (Lipinski definition) is 6. The summed E-state index contributed by atoms with van der Waals surface area (Å²) in [4.78, 5) is 0. The van der Waals surface area contributed by atoms with Crippen molar-refractivity contribution in [3.05, 3.63) is 60.2 Å². The molecule has 32 heavy (non-hydrogen) atoms. The van der Waals surface area contributed by atoms with E-state index in [1.54, 1.807) is 30.3 Å². The SMILES string of the molecule is CC(CCS(=O)(=O)Nc1ccccc1B(O)O)[C@H](NS(=O)(=O)Cc1ccccc1)B(O)O. The van der Waals surface area contributed by atoms with Crippen LogP contribution in [0.2, 0.25) is 0 Å².